The Labute approximate surface area is 157 Å². The molecule has 1 heterocycles. The molecule has 0 bridgehead atoms. The molecular weight excluding hydrogens is 354 g/mol. The van der Waals surface area contributed by atoms with Gasteiger partial charge in [0, 0.05) is 31.1 Å². The second-order valence-corrected chi connectivity index (χ2v) is 6.49. The number of nitrogens with one attached hydrogen (secondary N) is 2. The van der Waals surface area contributed by atoms with Gasteiger partial charge in [-0.1, -0.05) is 23.7 Å². The van der Waals surface area contributed by atoms with Gasteiger partial charge < -0.3 is 20.3 Å². The summed E-state index contributed by atoms with van der Waals surface area (Å²) in [5.41, 5.74) is 1.38. The van der Waals surface area contributed by atoms with Crippen LogP contribution in [-0.4, -0.2) is 32.1 Å². The van der Waals surface area contributed by atoms with Gasteiger partial charge in [-0.3, -0.25) is 4.79 Å². The lowest BCUT2D eigenvalue weighted by Crippen LogP contribution is -2.34. The SMILES string of the molecule is COc1ccc(N2CC(CNC(=O)Nc3ccccc3Cl)CC2=O)cc1. The van der Waals surface area contributed by atoms with Crippen molar-refractivity contribution < 1.29 is 14.3 Å². The number of hydrogen-bond acceptors (Lipinski definition) is 3. The molecule has 6 nitrogen and oxygen atoms in total. The summed E-state index contributed by atoms with van der Waals surface area (Å²) >= 11 is 6.02. The number of anilines is 2. The molecule has 136 valence electrons. The molecule has 1 atom stereocenters. The second kappa shape index (κ2) is 8.10. The third-order valence-electron chi connectivity index (χ3n) is 4.26. The summed E-state index contributed by atoms with van der Waals surface area (Å²) in [6.45, 7) is 0.978. The van der Waals surface area contributed by atoms with Gasteiger partial charge in [-0.15, -0.1) is 0 Å². The Balaban J connectivity index is 1.52. The standard InChI is InChI=1S/C19H20ClN3O3/c1-26-15-8-6-14(7-9-15)23-12-13(10-18(23)24)11-21-19(25)22-17-5-3-2-4-16(17)20/h2-9,13H,10-12H2,1H3,(H2,21,22,25). The largest absolute Gasteiger partial charge is 0.497 e. The lowest BCUT2D eigenvalue weighted by Gasteiger charge is -2.17. The van der Waals surface area contributed by atoms with Crippen molar-refractivity contribution in [1.29, 1.82) is 0 Å². The molecule has 1 fully saturated rings. The van der Waals surface area contributed by atoms with E-state index in [1.165, 1.54) is 0 Å². The summed E-state index contributed by atoms with van der Waals surface area (Å²) in [7, 11) is 1.60. The van der Waals surface area contributed by atoms with E-state index in [0.717, 1.165) is 11.4 Å². The van der Waals surface area contributed by atoms with Crippen LogP contribution in [0.4, 0.5) is 16.2 Å². The van der Waals surface area contributed by atoms with E-state index in [2.05, 4.69) is 10.6 Å². The highest BCUT2D eigenvalue weighted by Gasteiger charge is 2.30. The number of nitrogens with zero attached hydrogens (tertiary/aromatic N) is 1. The molecule has 1 aliphatic rings. The summed E-state index contributed by atoms with van der Waals surface area (Å²) in [4.78, 5) is 26.0. The van der Waals surface area contributed by atoms with Crippen molar-refractivity contribution in [3.8, 4) is 5.75 Å². The molecule has 0 saturated carbocycles. The van der Waals surface area contributed by atoms with Crippen molar-refractivity contribution in [2.24, 2.45) is 5.92 Å². The predicted octanol–water partition coefficient (Wildman–Crippen LogP) is 3.52. The number of ether oxygens (including phenoxy) is 1. The number of halogens is 1. The van der Waals surface area contributed by atoms with Crippen LogP contribution in [0.5, 0.6) is 5.75 Å². The maximum Gasteiger partial charge on any atom is 0.319 e. The number of hydrogen-bond donors (Lipinski definition) is 2. The molecule has 7 heteroatoms. The summed E-state index contributed by atoms with van der Waals surface area (Å²) in [6.07, 6.45) is 0.401. The topological polar surface area (TPSA) is 70.7 Å². The first-order valence-electron chi connectivity index (χ1n) is 8.30. The summed E-state index contributed by atoms with van der Waals surface area (Å²) in [6, 6.07) is 14.1. The number of methoxy groups -OCH3 is 1. The molecule has 1 aliphatic heterocycles. The van der Waals surface area contributed by atoms with Gasteiger partial charge in [-0.2, -0.15) is 0 Å². The molecule has 26 heavy (non-hydrogen) atoms. The molecule has 0 spiro atoms. The highest BCUT2D eigenvalue weighted by atomic mass is 35.5. The Kier molecular flexibility index (Phi) is 5.63. The zero-order valence-electron chi connectivity index (χ0n) is 14.4. The fraction of sp³-hybridized carbons (Fsp3) is 0.263. The van der Waals surface area contributed by atoms with Crippen molar-refractivity contribution >= 4 is 34.9 Å². The Bertz CT molecular complexity index is 795. The highest BCUT2D eigenvalue weighted by molar-refractivity contribution is 6.33. The lowest BCUT2D eigenvalue weighted by atomic mass is 10.1. The molecule has 1 saturated heterocycles. The van der Waals surface area contributed by atoms with Crippen molar-refractivity contribution in [1.82, 2.24) is 5.32 Å². The molecule has 2 aromatic rings. The smallest absolute Gasteiger partial charge is 0.319 e. The Morgan fingerprint density at radius 3 is 2.65 bits per heavy atom. The molecule has 3 amide bonds. The molecule has 2 aromatic carbocycles. The predicted molar refractivity (Wildman–Crippen MR) is 102 cm³/mol. The maximum absolute atomic E-state index is 12.3. The van der Waals surface area contributed by atoms with Crippen LogP contribution >= 0.6 is 11.6 Å². The molecule has 0 aliphatic carbocycles. The number of benzene rings is 2. The molecule has 3 rings (SSSR count). The number of rotatable bonds is 5. The Morgan fingerprint density at radius 1 is 1.23 bits per heavy atom. The van der Waals surface area contributed by atoms with E-state index in [1.807, 2.05) is 24.3 Å². The quantitative estimate of drug-likeness (QED) is 0.842. The zero-order valence-corrected chi connectivity index (χ0v) is 15.1. The fourth-order valence-corrected chi connectivity index (χ4v) is 3.08. The fourth-order valence-electron chi connectivity index (χ4n) is 2.90. The van der Waals surface area contributed by atoms with E-state index in [-0.39, 0.29) is 17.9 Å². The van der Waals surface area contributed by atoms with Crippen LogP contribution in [0.15, 0.2) is 48.5 Å². The molecule has 2 N–H and O–H groups in total. The average molecular weight is 374 g/mol. The van der Waals surface area contributed by atoms with Gasteiger partial charge in [-0.25, -0.2) is 4.79 Å². The highest BCUT2D eigenvalue weighted by Crippen LogP contribution is 2.26. The normalized spacial score (nSPS) is 16.5. The molecule has 0 aromatic heterocycles. The first kappa shape index (κ1) is 18.1. The van der Waals surface area contributed by atoms with Gasteiger partial charge in [0.2, 0.25) is 5.91 Å². The van der Waals surface area contributed by atoms with Gasteiger partial charge >= 0.3 is 6.03 Å². The van der Waals surface area contributed by atoms with E-state index in [1.54, 1.807) is 36.3 Å². The number of para-hydroxylation sites is 1. The van der Waals surface area contributed by atoms with E-state index < -0.39 is 0 Å². The van der Waals surface area contributed by atoms with Crippen molar-refractivity contribution in [2.75, 3.05) is 30.4 Å². The van der Waals surface area contributed by atoms with Crippen molar-refractivity contribution in [3.05, 3.63) is 53.6 Å². The minimum Gasteiger partial charge on any atom is -0.497 e. The van der Waals surface area contributed by atoms with Crippen LogP contribution in [0.2, 0.25) is 5.02 Å². The number of carbonyl (C=O) groups excluding carboxylic acids is 2. The minimum absolute atomic E-state index is 0.0495. The number of carbonyl (C=O) groups is 2. The van der Waals surface area contributed by atoms with E-state index in [9.17, 15) is 9.59 Å². The van der Waals surface area contributed by atoms with Gasteiger partial charge in [0.25, 0.3) is 0 Å². The van der Waals surface area contributed by atoms with Crippen LogP contribution in [0.1, 0.15) is 6.42 Å². The number of amides is 3. The first-order valence-corrected chi connectivity index (χ1v) is 8.68. The van der Waals surface area contributed by atoms with E-state index in [0.29, 0.717) is 30.2 Å². The maximum atomic E-state index is 12.3. The third-order valence-corrected chi connectivity index (χ3v) is 4.59. The summed E-state index contributed by atoms with van der Waals surface area (Å²) < 4.78 is 5.13. The lowest BCUT2D eigenvalue weighted by molar-refractivity contribution is -0.117. The van der Waals surface area contributed by atoms with Crippen LogP contribution in [0.3, 0.4) is 0 Å². The Morgan fingerprint density at radius 2 is 1.96 bits per heavy atom. The third kappa shape index (κ3) is 4.26. The van der Waals surface area contributed by atoms with Gasteiger partial charge in [0.15, 0.2) is 0 Å². The van der Waals surface area contributed by atoms with Gasteiger partial charge in [0.1, 0.15) is 5.75 Å². The first-order chi connectivity index (χ1) is 12.6. The van der Waals surface area contributed by atoms with Crippen LogP contribution in [0.25, 0.3) is 0 Å². The molecule has 0 radical (unpaired) electrons. The van der Waals surface area contributed by atoms with E-state index in [4.69, 9.17) is 16.3 Å². The summed E-state index contributed by atoms with van der Waals surface area (Å²) in [5.74, 6) is 0.852. The molecule has 1 unspecified atom stereocenters. The summed E-state index contributed by atoms with van der Waals surface area (Å²) in [5, 5.41) is 5.99. The van der Waals surface area contributed by atoms with Crippen LogP contribution in [0, 0.1) is 5.92 Å². The number of urea groups is 1. The van der Waals surface area contributed by atoms with E-state index >= 15 is 0 Å². The van der Waals surface area contributed by atoms with Crippen molar-refractivity contribution in [3.63, 3.8) is 0 Å². The van der Waals surface area contributed by atoms with Crippen molar-refractivity contribution in [2.45, 2.75) is 6.42 Å². The zero-order chi connectivity index (χ0) is 18.5. The van der Waals surface area contributed by atoms with Gasteiger partial charge in [-0.05, 0) is 36.4 Å². The van der Waals surface area contributed by atoms with Gasteiger partial charge in [0.05, 0.1) is 17.8 Å². The minimum atomic E-state index is -0.339. The average Bonchev–Trinajstić information content (AvgIpc) is 3.03. The van der Waals surface area contributed by atoms with Crippen LogP contribution < -0.4 is 20.3 Å². The molecular formula is C19H20ClN3O3. The Hall–Kier alpha value is -2.73. The monoisotopic (exact) mass is 373 g/mol. The van der Waals surface area contributed by atoms with Crippen LogP contribution in [-0.2, 0) is 4.79 Å². The second-order valence-electron chi connectivity index (χ2n) is 6.09.